The molecule has 2 aromatic carbocycles. The summed E-state index contributed by atoms with van der Waals surface area (Å²) < 4.78 is 6.68. The zero-order valence-electron chi connectivity index (χ0n) is 15.3. The minimum Gasteiger partial charge on any atom is -0.457 e. The fraction of sp³-hybridized carbons (Fsp3) is 0.0455. The van der Waals surface area contributed by atoms with Crippen molar-refractivity contribution in [1.29, 1.82) is 0 Å². The number of amides is 4. The highest BCUT2D eigenvalue weighted by Gasteiger charge is 2.37. The molecule has 1 fully saturated rings. The van der Waals surface area contributed by atoms with E-state index in [0.717, 1.165) is 20.5 Å². The number of aryl methyl sites for hydroxylation is 1. The number of imide groups is 2. The molecular weight excluding hydrogens is 436 g/mol. The third kappa shape index (κ3) is 3.77. The normalized spacial score (nSPS) is 15.7. The molecule has 0 unspecified atom stereocenters. The fourth-order valence-electron chi connectivity index (χ4n) is 2.96. The molecule has 1 aliphatic rings. The fourth-order valence-corrected chi connectivity index (χ4v) is 3.35. The minimum absolute atomic E-state index is 0.180. The molecular formula is C22H15BrN2O4. The number of urea groups is 1. The van der Waals surface area contributed by atoms with Gasteiger partial charge in [-0.15, -0.1) is 0 Å². The van der Waals surface area contributed by atoms with Gasteiger partial charge < -0.3 is 4.42 Å². The number of rotatable bonds is 3. The van der Waals surface area contributed by atoms with E-state index in [1.54, 1.807) is 36.4 Å². The van der Waals surface area contributed by atoms with Crippen LogP contribution in [0.3, 0.4) is 0 Å². The third-order valence-electron chi connectivity index (χ3n) is 4.42. The highest BCUT2D eigenvalue weighted by Crippen LogP contribution is 2.27. The number of benzene rings is 2. The van der Waals surface area contributed by atoms with Crippen LogP contribution in [0.5, 0.6) is 0 Å². The summed E-state index contributed by atoms with van der Waals surface area (Å²) in [4.78, 5) is 38.3. The minimum atomic E-state index is -0.782. The van der Waals surface area contributed by atoms with Crippen LogP contribution in [0.15, 0.2) is 75.1 Å². The molecule has 0 saturated carbocycles. The summed E-state index contributed by atoms with van der Waals surface area (Å²) in [6, 6.07) is 17.1. The lowest BCUT2D eigenvalue weighted by Gasteiger charge is -2.26. The smallest absolute Gasteiger partial charge is 0.335 e. The van der Waals surface area contributed by atoms with Crippen LogP contribution >= 0.6 is 15.9 Å². The van der Waals surface area contributed by atoms with Gasteiger partial charge in [0.15, 0.2) is 0 Å². The first-order chi connectivity index (χ1) is 13.9. The summed E-state index contributed by atoms with van der Waals surface area (Å²) in [5, 5.41) is 2.20. The number of halogens is 1. The summed E-state index contributed by atoms with van der Waals surface area (Å²) in [5.41, 5.74) is 2.03. The van der Waals surface area contributed by atoms with E-state index in [9.17, 15) is 14.4 Å². The Bertz CT molecular complexity index is 1160. The van der Waals surface area contributed by atoms with E-state index in [2.05, 4.69) is 21.2 Å². The molecule has 1 aromatic heterocycles. The number of barbiturate groups is 1. The van der Waals surface area contributed by atoms with Crippen molar-refractivity contribution in [3.05, 3.63) is 82.0 Å². The van der Waals surface area contributed by atoms with Crippen LogP contribution in [0.25, 0.3) is 17.4 Å². The maximum Gasteiger partial charge on any atom is 0.335 e. The van der Waals surface area contributed by atoms with E-state index in [4.69, 9.17) is 4.42 Å². The lowest BCUT2D eigenvalue weighted by molar-refractivity contribution is -0.122. The van der Waals surface area contributed by atoms with Crippen molar-refractivity contribution in [2.75, 3.05) is 4.90 Å². The Morgan fingerprint density at radius 1 is 1.00 bits per heavy atom. The Kier molecular flexibility index (Phi) is 4.90. The number of anilines is 1. The molecule has 0 atom stereocenters. The Morgan fingerprint density at radius 2 is 1.76 bits per heavy atom. The van der Waals surface area contributed by atoms with E-state index >= 15 is 0 Å². The Morgan fingerprint density at radius 3 is 2.48 bits per heavy atom. The number of hydrogen-bond acceptors (Lipinski definition) is 4. The van der Waals surface area contributed by atoms with Gasteiger partial charge in [-0.1, -0.05) is 45.8 Å². The van der Waals surface area contributed by atoms with E-state index in [1.165, 1.54) is 6.08 Å². The quantitative estimate of drug-likeness (QED) is 0.463. The van der Waals surface area contributed by atoms with Crippen LogP contribution in [0.1, 0.15) is 11.3 Å². The first kappa shape index (κ1) is 18.9. The van der Waals surface area contributed by atoms with Gasteiger partial charge in [0.2, 0.25) is 0 Å². The van der Waals surface area contributed by atoms with Gasteiger partial charge >= 0.3 is 6.03 Å². The van der Waals surface area contributed by atoms with E-state index in [0.29, 0.717) is 17.2 Å². The second kappa shape index (κ2) is 7.52. The SMILES string of the molecule is Cc1ccc(N2C(=O)NC(=O)/C(=C\c3ccc(-c4cccc(Br)c4)o3)C2=O)cc1. The van der Waals surface area contributed by atoms with Crippen molar-refractivity contribution in [2.45, 2.75) is 6.92 Å². The third-order valence-corrected chi connectivity index (χ3v) is 4.91. The summed E-state index contributed by atoms with van der Waals surface area (Å²) in [5.74, 6) is -0.545. The topological polar surface area (TPSA) is 79.6 Å². The van der Waals surface area contributed by atoms with Crippen molar-refractivity contribution in [3.8, 4) is 11.3 Å². The van der Waals surface area contributed by atoms with Gasteiger partial charge in [0, 0.05) is 10.0 Å². The number of carbonyl (C=O) groups excluding carboxylic acids is 3. The number of nitrogens with one attached hydrogen (secondary N) is 1. The van der Waals surface area contributed by atoms with Crippen LogP contribution in [-0.2, 0) is 9.59 Å². The molecule has 0 bridgehead atoms. The van der Waals surface area contributed by atoms with Gasteiger partial charge in [0.25, 0.3) is 11.8 Å². The molecule has 29 heavy (non-hydrogen) atoms. The summed E-state index contributed by atoms with van der Waals surface area (Å²) in [6.07, 6.45) is 1.34. The zero-order chi connectivity index (χ0) is 20.5. The maximum absolute atomic E-state index is 12.9. The summed E-state index contributed by atoms with van der Waals surface area (Å²) in [7, 11) is 0. The molecule has 6 nitrogen and oxygen atoms in total. The van der Waals surface area contributed by atoms with Gasteiger partial charge in [-0.25, -0.2) is 9.69 Å². The predicted molar refractivity (Wildman–Crippen MR) is 112 cm³/mol. The number of carbonyl (C=O) groups is 3. The van der Waals surface area contributed by atoms with Crippen LogP contribution in [0.2, 0.25) is 0 Å². The van der Waals surface area contributed by atoms with Crippen molar-refractivity contribution in [1.82, 2.24) is 5.32 Å². The largest absolute Gasteiger partial charge is 0.457 e. The highest BCUT2D eigenvalue weighted by molar-refractivity contribution is 9.10. The van der Waals surface area contributed by atoms with Crippen molar-refractivity contribution in [3.63, 3.8) is 0 Å². The van der Waals surface area contributed by atoms with Crippen molar-refractivity contribution >= 4 is 45.5 Å². The first-order valence-electron chi connectivity index (χ1n) is 8.76. The standard InChI is InChI=1S/C22H15BrN2O4/c1-13-5-7-16(8-6-13)25-21(27)18(20(26)24-22(25)28)12-17-9-10-19(29-17)14-3-2-4-15(23)11-14/h2-12H,1H3,(H,24,26,28)/b18-12+. The molecule has 1 N–H and O–H groups in total. The molecule has 3 aromatic rings. The Balaban J connectivity index is 1.67. The molecule has 0 radical (unpaired) electrons. The van der Waals surface area contributed by atoms with E-state index < -0.39 is 17.8 Å². The van der Waals surface area contributed by atoms with Crippen molar-refractivity contribution < 1.29 is 18.8 Å². The van der Waals surface area contributed by atoms with Gasteiger partial charge in [-0.3, -0.25) is 14.9 Å². The van der Waals surface area contributed by atoms with Crippen LogP contribution < -0.4 is 10.2 Å². The van der Waals surface area contributed by atoms with Crippen molar-refractivity contribution in [2.24, 2.45) is 0 Å². The lowest BCUT2D eigenvalue weighted by atomic mass is 10.1. The van der Waals surface area contributed by atoms with E-state index in [-0.39, 0.29) is 5.57 Å². The molecule has 1 aliphatic heterocycles. The highest BCUT2D eigenvalue weighted by atomic mass is 79.9. The average molecular weight is 451 g/mol. The number of hydrogen-bond donors (Lipinski definition) is 1. The van der Waals surface area contributed by atoms with Crippen LogP contribution in [-0.4, -0.2) is 17.8 Å². The summed E-state index contributed by atoms with van der Waals surface area (Å²) in [6.45, 7) is 1.90. The summed E-state index contributed by atoms with van der Waals surface area (Å²) >= 11 is 3.41. The van der Waals surface area contributed by atoms with Gasteiger partial charge in [-0.2, -0.15) is 0 Å². The Hall–Kier alpha value is -3.45. The molecule has 2 heterocycles. The molecule has 0 spiro atoms. The second-order valence-corrected chi connectivity index (χ2v) is 7.42. The predicted octanol–water partition coefficient (Wildman–Crippen LogP) is 4.68. The molecule has 0 aliphatic carbocycles. The molecule has 4 amide bonds. The molecule has 1 saturated heterocycles. The maximum atomic E-state index is 12.9. The van der Waals surface area contributed by atoms with Crippen LogP contribution in [0.4, 0.5) is 10.5 Å². The lowest BCUT2D eigenvalue weighted by Crippen LogP contribution is -2.54. The number of nitrogens with zero attached hydrogens (tertiary/aromatic N) is 1. The van der Waals surface area contributed by atoms with E-state index in [1.807, 2.05) is 31.2 Å². The van der Waals surface area contributed by atoms with Gasteiger partial charge in [-0.05, 0) is 49.4 Å². The molecule has 4 rings (SSSR count). The Labute approximate surface area is 174 Å². The first-order valence-corrected chi connectivity index (χ1v) is 9.55. The second-order valence-electron chi connectivity index (χ2n) is 6.51. The monoisotopic (exact) mass is 450 g/mol. The molecule has 7 heteroatoms. The average Bonchev–Trinajstić information content (AvgIpc) is 3.15. The van der Waals surface area contributed by atoms with Gasteiger partial charge in [0.05, 0.1) is 5.69 Å². The number of furan rings is 1. The zero-order valence-corrected chi connectivity index (χ0v) is 16.9. The van der Waals surface area contributed by atoms with Crippen LogP contribution in [0, 0.1) is 6.92 Å². The van der Waals surface area contributed by atoms with Gasteiger partial charge in [0.1, 0.15) is 17.1 Å². The molecule has 144 valence electrons.